The van der Waals surface area contributed by atoms with Crippen molar-refractivity contribution in [2.24, 2.45) is 23.2 Å². The van der Waals surface area contributed by atoms with Crippen molar-refractivity contribution in [3.8, 4) is 0 Å². The molecule has 140 valence electrons. The van der Waals surface area contributed by atoms with Crippen LogP contribution >= 0.6 is 0 Å². The summed E-state index contributed by atoms with van der Waals surface area (Å²) in [5, 5.41) is 11.5. The van der Waals surface area contributed by atoms with E-state index < -0.39 is 29.3 Å². The number of rotatable bonds is 9. The van der Waals surface area contributed by atoms with Gasteiger partial charge in [0.2, 0.25) is 5.91 Å². The van der Waals surface area contributed by atoms with Crippen LogP contribution < -0.4 is 10.8 Å². The molecule has 24 heavy (non-hydrogen) atoms. The molecule has 0 aromatic rings. The van der Waals surface area contributed by atoms with Gasteiger partial charge in [-0.25, -0.2) is 5.48 Å². The number of nitrogens with one attached hydrogen (secondary N) is 2. The van der Waals surface area contributed by atoms with Crippen LogP contribution in [0.4, 0.5) is 0 Å². The Morgan fingerprint density at radius 1 is 1.12 bits per heavy atom. The van der Waals surface area contributed by atoms with Crippen LogP contribution in [0.5, 0.6) is 0 Å². The Bertz CT molecular complexity index is 443. The van der Waals surface area contributed by atoms with Gasteiger partial charge >= 0.3 is 0 Å². The SMILES string of the molecule is CNC(=O)[C@@H](CC(=O)[C@H](CC(C)C)[C@H](OC)C(=O)NO)C(C)(C)C. The molecular formula is C17H32N2O5. The third-order valence-corrected chi connectivity index (χ3v) is 4.14. The summed E-state index contributed by atoms with van der Waals surface area (Å²) in [4.78, 5) is 36.8. The third kappa shape index (κ3) is 6.57. The molecule has 0 bridgehead atoms. The van der Waals surface area contributed by atoms with Gasteiger partial charge in [-0.3, -0.25) is 19.6 Å². The van der Waals surface area contributed by atoms with Crippen LogP contribution in [-0.2, 0) is 19.1 Å². The highest BCUT2D eigenvalue weighted by Crippen LogP contribution is 2.32. The highest BCUT2D eigenvalue weighted by atomic mass is 16.5. The van der Waals surface area contributed by atoms with E-state index in [4.69, 9.17) is 9.94 Å². The predicted molar refractivity (Wildman–Crippen MR) is 90.3 cm³/mol. The monoisotopic (exact) mass is 344 g/mol. The number of methoxy groups -OCH3 is 1. The van der Waals surface area contributed by atoms with Gasteiger partial charge in [-0.15, -0.1) is 0 Å². The van der Waals surface area contributed by atoms with Gasteiger partial charge in [0.1, 0.15) is 11.9 Å². The molecule has 0 heterocycles. The lowest BCUT2D eigenvalue weighted by atomic mass is 9.74. The number of amides is 2. The largest absolute Gasteiger partial charge is 0.371 e. The quantitative estimate of drug-likeness (QED) is 0.435. The summed E-state index contributed by atoms with van der Waals surface area (Å²) in [7, 11) is 2.86. The van der Waals surface area contributed by atoms with E-state index in [-0.39, 0.29) is 24.0 Å². The van der Waals surface area contributed by atoms with Crippen molar-refractivity contribution in [3.05, 3.63) is 0 Å². The Morgan fingerprint density at radius 2 is 1.67 bits per heavy atom. The maximum Gasteiger partial charge on any atom is 0.273 e. The number of ether oxygens (including phenoxy) is 1. The molecule has 0 aliphatic rings. The number of carbonyl (C=O) groups is 3. The minimum absolute atomic E-state index is 0.0130. The van der Waals surface area contributed by atoms with Crippen LogP contribution in [0.1, 0.15) is 47.5 Å². The molecular weight excluding hydrogens is 312 g/mol. The van der Waals surface area contributed by atoms with Gasteiger partial charge in [0, 0.05) is 26.5 Å². The molecule has 0 unspecified atom stereocenters. The number of hydroxylamine groups is 1. The second-order valence-electron chi connectivity index (χ2n) is 7.57. The molecule has 0 saturated heterocycles. The van der Waals surface area contributed by atoms with Gasteiger partial charge in [-0.05, 0) is 17.8 Å². The van der Waals surface area contributed by atoms with E-state index >= 15 is 0 Å². The first kappa shape index (κ1) is 22.5. The molecule has 2 amide bonds. The lowest BCUT2D eigenvalue weighted by molar-refractivity contribution is -0.149. The smallest absolute Gasteiger partial charge is 0.273 e. The van der Waals surface area contributed by atoms with Crippen molar-refractivity contribution in [3.63, 3.8) is 0 Å². The van der Waals surface area contributed by atoms with Crippen molar-refractivity contribution in [2.75, 3.05) is 14.2 Å². The van der Waals surface area contributed by atoms with Crippen molar-refractivity contribution in [1.82, 2.24) is 10.8 Å². The number of hydrogen-bond acceptors (Lipinski definition) is 5. The van der Waals surface area contributed by atoms with E-state index in [1.807, 2.05) is 34.6 Å². The van der Waals surface area contributed by atoms with E-state index in [0.717, 1.165) is 0 Å². The van der Waals surface area contributed by atoms with E-state index in [2.05, 4.69) is 5.32 Å². The zero-order valence-corrected chi connectivity index (χ0v) is 15.8. The first-order chi connectivity index (χ1) is 11.0. The van der Waals surface area contributed by atoms with Gasteiger partial charge in [-0.2, -0.15) is 0 Å². The Kier molecular flexibility index (Phi) is 9.14. The summed E-state index contributed by atoms with van der Waals surface area (Å²) in [6.07, 6.45) is -0.649. The van der Waals surface area contributed by atoms with Gasteiger partial charge in [0.05, 0.1) is 5.92 Å². The minimum atomic E-state index is -1.09. The van der Waals surface area contributed by atoms with E-state index in [9.17, 15) is 14.4 Å². The molecule has 0 fully saturated rings. The zero-order valence-electron chi connectivity index (χ0n) is 15.8. The van der Waals surface area contributed by atoms with Crippen LogP contribution in [0.3, 0.4) is 0 Å². The second kappa shape index (κ2) is 9.74. The molecule has 0 rings (SSSR count). The molecule has 0 aliphatic heterocycles. The molecule has 0 spiro atoms. The Balaban J connectivity index is 5.50. The van der Waals surface area contributed by atoms with Gasteiger partial charge in [0.15, 0.2) is 0 Å². The van der Waals surface area contributed by atoms with Crippen molar-refractivity contribution < 1.29 is 24.3 Å². The molecule has 3 atom stereocenters. The number of hydrogen-bond donors (Lipinski definition) is 3. The zero-order chi connectivity index (χ0) is 19.1. The molecule has 0 aromatic carbocycles. The minimum Gasteiger partial charge on any atom is -0.371 e. The molecule has 0 radical (unpaired) electrons. The molecule has 0 saturated carbocycles. The van der Waals surface area contributed by atoms with Crippen LogP contribution in [0.15, 0.2) is 0 Å². The third-order valence-electron chi connectivity index (χ3n) is 4.14. The van der Waals surface area contributed by atoms with Crippen molar-refractivity contribution in [1.29, 1.82) is 0 Å². The topological polar surface area (TPSA) is 105 Å². The molecule has 7 nitrogen and oxygen atoms in total. The first-order valence-electron chi connectivity index (χ1n) is 8.20. The molecule has 7 heteroatoms. The van der Waals surface area contributed by atoms with Crippen LogP contribution in [0, 0.1) is 23.2 Å². The van der Waals surface area contributed by atoms with Gasteiger partial charge in [0.25, 0.3) is 5.91 Å². The van der Waals surface area contributed by atoms with Crippen LogP contribution in [0.25, 0.3) is 0 Å². The summed E-state index contributed by atoms with van der Waals surface area (Å²) in [5.74, 6) is -2.28. The highest BCUT2D eigenvalue weighted by molar-refractivity contribution is 5.92. The fraction of sp³-hybridized carbons (Fsp3) is 0.824. The lowest BCUT2D eigenvalue weighted by Gasteiger charge is -2.31. The van der Waals surface area contributed by atoms with Crippen LogP contribution in [0.2, 0.25) is 0 Å². The summed E-state index contributed by atoms with van der Waals surface area (Å²) in [6.45, 7) is 9.55. The molecule has 0 aliphatic carbocycles. The maximum absolute atomic E-state index is 12.9. The Labute approximate surface area is 144 Å². The normalized spacial score (nSPS) is 15.5. The van der Waals surface area contributed by atoms with Gasteiger partial charge < -0.3 is 10.1 Å². The predicted octanol–water partition coefficient (Wildman–Crippen LogP) is 1.54. The van der Waals surface area contributed by atoms with E-state index in [1.54, 1.807) is 5.48 Å². The fourth-order valence-electron chi connectivity index (χ4n) is 2.77. The first-order valence-corrected chi connectivity index (χ1v) is 8.20. The molecule has 3 N–H and O–H groups in total. The fourth-order valence-corrected chi connectivity index (χ4v) is 2.77. The summed E-state index contributed by atoms with van der Waals surface area (Å²) in [6, 6.07) is 0. The van der Waals surface area contributed by atoms with E-state index in [0.29, 0.717) is 6.42 Å². The summed E-state index contributed by atoms with van der Waals surface area (Å²) >= 11 is 0. The van der Waals surface area contributed by atoms with Crippen molar-refractivity contribution in [2.45, 2.75) is 53.6 Å². The highest BCUT2D eigenvalue weighted by Gasteiger charge is 2.39. The summed E-state index contributed by atoms with van der Waals surface area (Å²) < 4.78 is 5.15. The lowest BCUT2D eigenvalue weighted by Crippen LogP contribution is -2.45. The Morgan fingerprint density at radius 3 is 2.00 bits per heavy atom. The second-order valence-corrected chi connectivity index (χ2v) is 7.57. The standard InChI is InChI=1S/C17H32N2O5/c1-10(2)8-11(14(24-7)16(22)19-23)13(20)9-12(15(21)18-6)17(3,4)5/h10-12,14,23H,8-9H2,1-7H3,(H,18,21)(H,19,22)/t11-,12+,14-/m0/s1. The Hall–Kier alpha value is -1.47. The van der Waals surface area contributed by atoms with E-state index in [1.165, 1.54) is 14.2 Å². The number of ketones is 1. The number of carbonyl (C=O) groups excluding carboxylic acids is 3. The summed E-state index contributed by atoms with van der Waals surface area (Å²) in [5.41, 5.74) is 1.14. The molecule has 0 aromatic heterocycles. The van der Waals surface area contributed by atoms with Gasteiger partial charge in [-0.1, -0.05) is 34.6 Å². The average molecular weight is 344 g/mol. The van der Waals surface area contributed by atoms with Crippen LogP contribution in [-0.4, -0.2) is 43.1 Å². The average Bonchev–Trinajstić information content (AvgIpc) is 2.49. The van der Waals surface area contributed by atoms with Crippen molar-refractivity contribution >= 4 is 17.6 Å². The maximum atomic E-state index is 12.9. The number of Topliss-reactive ketones (excluding diaryl/α,β-unsaturated/α-hetero) is 1.